The first-order valence-corrected chi connectivity index (χ1v) is 8.86. The van der Waals surface area contributed by atoms with E-state index in [9.17, 15) is 14.4 Å². The van der Waals surface area contributed by atoms with Crippen LogP contribution >= 0.6 is 0 Å². The number of benzene rings is 1. The van der Waals surface area contributed by atoms with E-state index in [1.54, 1.807) is 25.2 Å². The minimum atomic E-state index is -1.13. The van der Waals surface area contributed by atoms with Crippen molar-refractivity contribution in [3.63, 3.8) is 0 Å². The van der Waals surface area contributed by atoms with Crippen molar-refractivity contribution in [1.29, 1.82) is 0 Å². The molecule has 142 valence electrons. The Kier molecular flexibility index (Phi) is 5.03. The van der Waals surface area contributed by atoms with Gasteiger partial charge in [0.1, 0.15) is 23.6 Å². The highest BCUT2D eigenvalue weighted by molar-refractivity contribution is 6.09. The number of rotatable bonds is 6. The zero-order chi connectivity index (χ0) is 19.6. The molecule has 1 aromatic heterocycles. The first kappa shape index (κ1) is 18.7. The summed E-state index contributed by atoms with van der Waals surface area (Å²) in [5, 5.41) is 2.78. The van der Waals surface area contributed by atoms with E-state index in [0.29, 0.717) is 17.7 Å². The van der Waals surface area contributed by atoms with Crippen LogP contribution in [-0.2, 0) is 21.7 Å². The van der Waals surface area contributed by atoms with Gasteiger partial charge in [0.2, 0.25) is 5.91 Å². The number of furan rings is 1. The van der Waals surface area contributed by atoms with Crippen molar-refractivity contribution < 1.29 is 18.8 Å². The average Bonchev–Trinajstić information content (AvgIpc) is 3.18. The average molecular weight is 369 g/mol. The third kappa shape index (κ3) is 3.45. The van der Waals surface area contributed by atoms with Gasteiger partial charge in [0.25, 0.3) is 5.91 Å². The second-order valence-electron chi connectivity index (χ2n) is 6.71. The fourth-order valence-corrected chi connectivity index (χ4v) is 3.28. The van der Waals surface area contributed by atoms with E-state index in [-0.39, 0.29) is 19.0 Å². The first-order chi connectivity index (χ1) is 12.9. The van der Waals surface area contributed by atoms with Crippen LogP contribution < -0.4 is 5.32 Å². The third-order valence-corrected chi connectivity index (χ3v) is 4.88. The molecule has 1 N–H and O–H groups in total. The Morgan fingerprint density at radius 2 is 1.89 bits per heavy atom. The number of carbonyl (C=O) groups is 3. The van der Waals surface area contributed by atoms with E-state index in [1.165, 1.54) is 4.90 Å². The molecule has 27 heavy (non-hydrogen) atoms. The van der Waals surface area contributed by atoms with Gasteiger partial charge >= 0.3 is 6.03 Å². The molecule has 1 saturated heterocycles. The molecule has 1 fully saturated rings. The van der Waals surface area contributed by atoms with Gasteiger partial charge in [-0.3, -0.25) is 14.5 Å². The van der Waals surface area contributed by atoms with Gasteiger partial charge < -0.3 is 14.6 Å². The van der Waals surface area contributed by atoms with Crippen molar-refractivity contribution >= 4 is 17.8 Å². The molecule has 1 aromatic carbocycles. The van der Waals surface area contributed by atoms with Crippen LogP contribution in [0.3, 0.4) is 0 Å². The van der Waals surface area contributed by atoms with E-state index >= 15 is 0 Å². The molecule has 1 unspecified atom stereocenters. The maximum absolute atomic E-state index is 13.0. The van der Waals surface area contributed by atoms with Crippen LogP contribution in [0.4, 0.5) is 4.79 Å². The lowest BCUT2D eigenvalue weighted by Crippen LogP contribution is -2.45. The smallest absolute Gasteiger partial charge is 0.325 e. The van der Waals surface area contributed by atoms with Gasteiger partial charge in [0.05, 0.1) is 6.54 Å². The topological polar surface area (TPSA) is 82.9 Å². The number of aryl methyl sites for hydroxylation is 1. The van der Waals surface area contributed by atoms with Gasteiger partial charge in [0, 0.05) is 7.05 Å². The van der Waals surface area contributed by atoms with Crippen LogP contribution in [0.5, 0.6) is 0 Å². The van der Waals surface area contributed by atoms with Gasteiger partial charge in [-0.25, -0.2) is 4.79 Å². The number of amides is 4. The lowest BCUT2D eigenvalue weighted by Gasteiger charge is -2.26. The molecule has 1 aliphatic rings. The van der Waals surface area contributed by atoms with Gasteiger partial charge in [0.15, 0.2) is 0 Å². The summed E-state index contributed by atoms with van der Waals surface area (Å²) in [6.45, 7) is 3.62. The second-order valence-corrected chi connectivity index (χ2v) is 6.71. The molecule has 7 heteroatoms. The van der Waals surface area contributed by atoms with Crippen LogP contribution in [0.1, 0.15) is 30.4 Å². The Morgan fingerprint density at radius 3 is 2.48 bits per heavy atom. The SMILES string of the molecule is CCC1(c2ccccc2)NC(=O)N(CC(=O)N(C)Cc2ccc(C)o2)C1=O. The fourth-order valence-electron chi connectivity index (χ4n) is 3.28. The minimum absolute atomic E-state index is 0.272. The highest BCUT2D eigenvalue weighted by Crippen LogP contribution is 2.32. The third-order valence-electron chi connectivity index (χ3n) is 4.88. The molecular weight excluding hydrogens is 346 g/mol. The molecule has 3 rings (SSSR count). The second kappa shape index (κ2) is 7.26. The molecule has 0 aliphatic carbocycles. The monoisotopic (exact) mass is 369 g/mol. The maximum Gasteiger partial charge on any atom is 0.325 e. The standard InChI is InChI=1S/C20H23N3O4/c1-4-20(15-8-6-5-7-9-15)18(25)23(19(26)21-20)13-17(24)22(3)12-16-11-10-14(2)27-16/h5-11H,4,12-13H2,1-3H3,(H,21,26). The normalized spacial score (nSPS) is 19.3. The molecule has 2 aromatic rings. The van der Waals surface area contributed by atoms with E-state index in [1.807, 2.05) is 38.1 Å². The molecule has 1 atom stereocenters. The van der Waals surface area contributed by atoms with Crippen LogP contribution in [-0.4, -0.2) is 41.2 Å². The van der Waals surface area contributed by atoms with Crippen molar-refractivity contribution in [3.05, 3.63) is 59.5 Å². The number of imide groups is 1. The fraction of sp³-hybridized carbons (Fsp3) is 0.350. The molecule has 0 saturated carbocycles. The molecule has 2 heterocycles. The highest BCUT2D eigenvalue weighted by Gasteiger charge is 2.51. The Balaban J connectivity index is 1.74. The molecule has 0 radical (unpaired) electrons. The number of hydrogen-bond donors (Lipinski definition) is 1. The molecule has 1 aliphatic heterocycles. The largest absolute Gasteiger partial charge is 0.464 e. The Bertz CT molecular complexity index is 861. The molecule has 0 bridgehead atoms. The number of urea groups is 1. The lowest BCUT2D eigenvalue weighted by molar-refractivity contribution is -0.139. The molecule has 0 spiro atoms. The molecular formula is C20H23N3O4. The zero-order valence-corrected chi connectivity index (χ0v) is 15.7. The number of hydrogen-bond acceptors (Lipinski definition) is 4. The Morgan fingerprint density at radius 1 is 1.19 bits per heavy atom. The van der Waals surface area contributed by atoms with E-state index < -0.39 is 17.5 Å². The van der Waals surface area contributed by atoms with Crippen molar-refractivity contribution in [2.45, 2.75) is 32.4 Å². The number of nitrogens with one attached hydrogen (secondary N) is 1. The van der Waals surface area contributed by atoms with Crippen LogP contribution in [0, 0.1) is 6.92 Å². The van der Waals surface area contributed by atoms with Crippen LogP contribution in [0.25, 0.3) is 0 Å². The summed E-state index contributed by atoms with van der Waals surface area (Å²) in [5.41, 5.74) is -0.421. The quantitative estimate of drug-likeness (QED) is 0.793. The summed E-state index contributed by atoms with van der Waals surface area (Å²) < 4.78 is 5.47. The van der Waals surface area contributed by atoms with Gasteiger partial charge in [-0.1, -0.05) is 37.3 Å². The van der Waals surface area contributed by atoms with Crippen molar-refractivity contribution in [1.82, 2.24) is 15.1 Å². The van der Waals surface area contributed by atoms with Crippen molar-refractivity contribution in [2.24, 2.45) is 0 Å². The van der Waals surface area contributed by atoms with Crippen LogP contribution in [0.15, 0.2) is 46.9 Å². The molecule has 4 amide bonds. The predicted molar refractivity (Wildman–Crippen MR) is 98.6 cm³/mol. The summed E-state index contributed by atoms with van der Waals surface area (Å²) in [5.74, 6) is 0.660. The summed E-state index contributed by atoms with van der Waals surface area (Å²) in [4.78, 5) is 40.5. The molecule has 7 nitrogen and oxygen atoms in total. The predicted octanol–water partition coefficient (Wildman–Crippen LogP) is 2.40. The summed E-state index contributed by atoms with van der Waals surface area (Å²) in [6.07, 6.45) is 0.397. The minimum Gasteiger partial charge on any atom is -0.464 e. The van der Waals surface area contributed by atoms with E-state index in [4.69, 9.17) is 4.42 Å². The highest BCUT2D eigenvalue weighted by atomic mass is 16.3. The summed E-state index contributed by atoms with van der Waals surface area (Å²) in [6, 6.07) is 12.2. The number of nitrogens with zero attached hydrogens (tertiary/aromatic N) is 2. The van der Waals surface area contributed by atoms with Gasteiger partial charge in [-0.05, 0) is 31.0 Å². The number of likely N-dealkylation sites (N-methyl/N-ethyl adjacent to an activating group) is 1. The Hall–Kier alpha value is -3.09. The van der Waals surface area contributed by atoms with E-state index in [0.717, 1.165) is 10.7 Å². The Labute approximate surface area is 157 Å². The summed E-state index contributed by atoms with van der Waals surface area (Å²) >= 11 is 0. The lowest BCUT2D eigenvalue weighted by atomic mass is 9.87. The van der Waals surface area contributed by atoms with Crippen molar-refractivity contribution in [3.8, 4) is 0 Å². The first-order valence-electron chi connectivity index (χ1n) is 8.86. The van der Waals surface area contributed by atoms with Gasteiger partial charge in [-0.2, -0.15) is 0 Å². The van der Waals surface area contributed by atoms with E-state index in [2.05, 4.69) is 5.32 Å². The van der Waals surface area contributed by atoms with Gasteiger partial charge in [-0.15, -0.1) is 0 Å². The number of carbonyl (C=O) groups excluding carboxylic acids is 3. The zero-order valence-electron chi connectivity index (χ0n) is 15.7. The maximum atomic E-state index is 13.0. The van der Waals surface area contributed by atoms with Crippen LogP contribution in [0.2, 0.25) is 0 Å². The summed E-state index contributed by atoms with van der Waals surface area (Å²) in [7, 11) is 1.61. The van der Waals surface area contributed by atoms with Crippen molar-refractivity contribution in [2.75, 3.05) is 13.6 Å².